The first-order chi connectivity index (χ1) is 11.0. The summed E-state index contributed by atoms with van der Waals surface area (Å²) in [5.74, 6) is 6.96. The maximum Gasteiger partial charge on any atom is -0.0383 e. The van der Waals surface area contributed by atoms with Gasteiger partial charge in [-0.05, 0) is 67.1 Å². The quantitative estimate of drug-likeness (QED) is 0.450. The molecule has 0 saturated heterocycles. The van der Waals surface area contributed by atoms with Crippen LogP contribution in [0.2, 0.25) is 0 Å². The zero-order valence-corrected chi connectivity index (χ0v) is 16.8. The Kier molecular flexibility index (Phi) is 7.96. The summed E-state index contributed by atoms with van der Waals surface area (Å²) in [6.45, 7) is 12.3. The third-order valence-electron chi connectivity index (χ3n) is 7.40. The zero-order valence-electron chi connectivity index (χ0n) is 16.8. The summed E-state index contributed by atoms with van der Waals surface area (Å²) in [4.78, 5) is 0. The van der Waals surface area contributed by atoms with E-state index in [9.17, 15) is 0 Å². The lowest BCUT2D eigenvalue weighted by molar-refractivity contribution is 0.164. The van der Waals surface area contributed by atoms with Gasteiger partial charge in [0.15, 0.2) is 0 Å². The predicted molar refractivity (Wildman–Crippen MR) is 104 cm³/mol. The molecule has 4 unspecified atom stereocenters. The van der Waals surface area contributed by atoms with Gasteiger partial charge >= 0.3 is 0 Å². The van der Waals surface area contributed by atoms with Crippen LogP contribution in [-0.4, -0.2) is 0 Å². The summed E-state index contributed by atoms with van der Waals surface area (Å²) in [5, 5.41) is 0. The van der Waals surface area contributed by atoms with Gasteiger partial charge in [0.2, 0.25) is 0 Å². The molecule has 0 radical (unpaired) electrons. The van der Waals surface area contributed by atoms with E-state index >= 15 is 0 Å². The maximum absolute atomic E-state index is 2.49. The molecule has 23 heavy (non-hydrogen) atoms. The van der Waals surface area contributed by atoms with Crippen molar-refractivity contribution in [3.63, 3.8) is 0 Å². The topological polar surface area (TPSA) is 0 Å². The summed E-state index contributed by atoms with van der Waals surface area (Å²) in [6, 6.07) is 0. The summed E-state index contributed by atoms with van der Waals surface area (Å²) in [6.07, 6.45) is 16.6. The van der Waals surface area contributed by atoms with E-state index in [0.717, 1.165) is 41.4 Å². The van der Waals surface area contributed by atoms with Crippen LogP contribution in [0.5, 0.6) is 0 Å². The van der Waals surface area contributed by atoms with Crippen molar-refractivity contribution in [2.75, 3.05) is 0 Å². The highest BCUT2D eigenvalue weighted by atomic mass is 14.3. The Hall–Kier alpha value is 0. The third-order valence-corrected chi connectivity index (χ3v) is 7.40. The molecule has 0 aromatic rings. The van der Waals surface area contributed by atoms with Crippen molar-refractivity contribution in [2.45, 2.75) is 105 Å². The molecule has 0 heteroatoms. The van der Waals surface area contributed by atoms with E-state index < -0.39 is 0 Å². The normalized spacial score (nSPS) is 37.0. The summed E-state index contributed by atoms with van der Waals surface area (Å²) < 4.78 is 0. The fraction of sp³-hybridized carbons (Fsp3) is 1.00. The highest BCUT2D eigenvalue weighted by molar-refractivity contribution is 4.79. The van der Waals surface area contributed by atoms with Crippen LogP contribution in [0.1, 0.15) is 105 Å². The summed E-state index contributed by atoms with van der Waals surface area (Å²) in [5.41, 5.74) is 0. The Bertz CT molecular complexity index is 310. The van der Waals surface area contributed by atoms with Gasteiger partial charge in [-0.2, -0.15) is 0 Å². The van der Waals surface area contributed by atoms with Gasteiger partial charge in [0.1, 0.15) is 0 Å². The lowest BCUT2D eigenvalue weighted by Gasteiger charge is -2.35. The minimum absolute atomic E-state index is 0.884. The largest absolute Gasteiger partial charge is 0.0628 e. The molecule has 2 aliphatic carbocycles. The molecule has 0 nitrogen and oxygen atoms in total. The van der Waals surface area contributed by atoms with Crippen molar-refractivity contribution >= 4 is 0 Å². The molecule has 0 heterocycles. The number of hydrogen-bond acceptors (Lipinski definition) is 0. The van der Waals surface area contributed by atoms with Crippen LogP contribution in [0.4, 0.5) is 0 Å². The van der Waals surface area contributed by atoms with Gasteiger partial charge in [0.05, 0.1) is 0 Å². The second-order valence-corrected chi connectivity index (χ2v) is 9.97. The minimum Gasteiger partial charge on any atom is -0.0628 e. The molecule has 136 valence electrons. The Balaban J connectivity index is 1.74. The SMILES string of the molecule is CC(C)CC(CCCC1CCC(C)C(C)C1)C1CCC(C)CC1. The molecule has 4 atom stereocenters. The zero-order chi connectivity index (χ0) is 16.8. The van der Waals surface area contributed by atoms with Gasteiger partial charge in [-0.25, -0.2) is 0 Å². The van der Waals surface area contributed by atoms with Crippen LogP contribution in [0.15, 0.2) is 0 Å². The van der Waals surface area contributed by atoms with Crippen molar-refractivity contribution in [3.8, 4) is 0 Å². The smallest absolute Gasteiger partial charge is 0.0383 e. The summed E-state index contributed by atoms with van der Waals surface area (Å²) in [7, 11) is 0. The van der Waals surface area contributed by atoms with E-state index in [4.69, 9.17) is 0 Å². The van der Waals surface area contributed by atoms with E-state index in [1.165, 1.54) is 70.6 Å². The molecular formula is C23H44. The van der Waals surface area contributed by atoms with Crippen LogP contribution < -0.4 is 0 Å². The highest BCUT2D eigenvalue weighted by Crippen LogP contribution is 2.40. The monoisotopic (exact) mass is 320 g/mol. The molecule has 0 N–H and O–H groups in total. The average Bonchev–Trinajstić information content (AvgIpc) is 2.50. The van der Waals surface area contributed by atoms with E-state index in [0.29, 0.717) is 0 Å². The van der Waals surface area contributed by atoms with E-state index in [1.54, 1.807) is 0 Å². The molecule has 0 bridgehead atoms. The van der Waals surface area contributed by atoms with Crippen molar-refractivity contribution < 1.29 is 0 Å². The molecule has 0 aliphatic heterocycles. The van der Waals surface area contributed by atoms with Gasteiger partial charge in [0.25, 0.3) is 0 Å². The van der Waals surface area contributed by atoms with Crippen LogP contribution in [-0.2, 0) is 0 Å². The van der Waals surface area contributed by atoms with Crippen LogP contribution in [0.3, 0.4) is 0 Å². The molecule has 0 aromatic carbocycles. The Morgan fingerprint density at radius 2 is 1.52 bits per heavy atom. The van der Waals surface area contributed by atoms with Crippen LogP contribution in [0, 0.1) is 41.4 Å². The standard InChI is InChI=1S/C23H44/c1-17(2)15-23(22-13-9-18(3)10-14-22)8-6-7-21-12-11-19(4)20(5)16-21/h17-23H,6-16H2,1-5H3. The van der Waals surface area contributed by atoms with Crippen LogP contribution in [0.25, 0.3) is 0 Å². The van der Waals surface area contributed by atoms with Gasteiger partial charge in [-0.3, -0.25) is 0 Å². The first kappa shape index (κ1) is 19.3. The van der Waals surface area contributed by atoms with Gasteiger partial charge in [-0.1, -0.05) is 79.6 Å². The second-order valence-electron chi connectivity index (χ2n) is 9.97. The van der Waals surface area contributed by atoms with Crippen molar-refractivity contribution in [1.82, 2.24) is 0 Å². The fourth-order valence-electron chi connectivity index (χ4n) is 5.50. The van der Waals surface area contributed by atoms with E-state index in [2.05, 4.69) is 34.6 Å². The lowest BCUT2D eigenvalue weighted by Crippen LogP contribution is -2.23. The lowest BCUT2D eigenvalue weighted by atomic mass is 9.71. The van der Waals surface area contributed by atoms with Crippen LogP contribution >= 0.6 is 0 Å². The number of rotatable bonds is 7. The molecule has 2 saturated carbocycles. The van der Waals surface area contributed by atoms with Gasteiger partial charge < -0.3 is 0 Å². The summed E-state index contributed by atoms with van der Waals surface area (Å²) >= 11 is 0. The average molecular weight is 321 g/mol. The maximum atomic E-state index is 2.49. The Labute approximate surface area is 147 Å². The first-order valence-corrected chi connectivity index (χ1v) is 11.0. The molecule has 2 aliphatic rings. The second kappa shape index (κ2) is 9.47. The molecule has 0 amide bonds. The van der Waals surface area contributed by atoms with Gasteiger partial charge in [-0.15, -0.1) is 0 Å². The predicted octanol–water partition coefficient (Wildman–Crippen LogP) is 7.72. The van der Waals surface area contributed by atoms with E-state index in [-0.39, 0.29) is 0 Å². The minimum atomic E-state index is 0.884. The Morgan fingerprint density at radius 1 is 0.826 bits per heavy atom. The van der Waals surface area contributed by atoms with Crippen molar-refractivity contribution in [2.24, 2.45) is 41.4 Å². The first-order valence-electron chi connectivity index (χ1n) is 11.0. The molecule has 2 fully saturated rings. The Morgan fingerprint density at radius 3 is 2.13 bits per heavy atom. The fourth-order valence-corrected chi connectivity index (χ4v) is 5.50. The molecular weight excluding hydrogens is 276 g/mol. The molecule has 0 spiro atoms. The molecule has 0 aromatic heterocycles. The van der Waals surface area contributed by atoms with Crippen molar-refractivity contribution in [3.05, 3.63) is 0 Å². The van der Waals surface area contributed by atoms with E-state index in [1.807, 2.05) is 0 Å². The van der Waals surface area contributed by atoms with Crippen molar-refractivity contribution in [1.29, 1.82) is 0 Å². The number of hydrogen-bond donors (Lipinski definition) is 0. The third kappa shape index (κ3) is 6.43. The molecule has 2 rings (SSSR count). The van der Waals surface area contributed by atoms with Gasteiger partial charge in [0, 0.05) is 0 Å². The highest BCUT2D eigenvalue weighted by Gasteiger charge is 2.28.